The third-order valence-corrected chi connectivity index (χ3v) is 3.60. The zero-order valence-corrected chi connectivity index (χ0v) is 15.4. The number of benzene rings is 1. The van der Waals surface area contributed by atoms with Crippen LogP contribution in [0.2, 0.25) is 0 Å². The molecule has 1 aromatic rings. The lowest BCUT2D eigenvalue weighted by Gasteiger charge is -2.26. The van der Waals surface area contributed by atoms with E-state index in [4.69, 9.17) is 9.47 Å². The van der Waals surface area contributed by atoms with Crippen molar-refractivity contribution in [1.82, 2.24) is 4.90 Å². The van der Waals surface area contributed by atoms with Gasteiger partial charge in [0.05, 0.1) is 14.2 Å². The molecular formula is C19H31NO3. The van der Waals surface area contributed by atoms with Gasteiger partial charge in [-0.3, -0.25) is 4.79 Å². The molecule has 0 spiro atoms. The molecule has 0 heterocycles. The SMILES string of the molecule is COc1ccc(CCC(=O)N(CC(C)C)CC(C)C)cc1OC. The van der Waals surface area contributed by atoms with Crippen LogP contribution in [0, 0.1) is 11.8 Å². The number of amides is 1. The van der Waals surface area contributed by atoms with Gasteiger partial charge in [0.25, 0.3) is 0 Å². The Labute approximate surface area is 140 Å². The average Bonchev–Trinajstić information content (AvgIpc) is 2.50. The van der Waals surface area contributed by atoms with Crippen LogP contribution in [0.1, 0.15) is 39.7 Å². The van der Waals surface area contributed by atoms with Crippen molar-refractivity contribution in [3.05, 3.63) is 23.8 Å². The number of hydrogen-bond donors (Lipinski definition) is 0. The highest BCUT2D eigenvalue weighted by molar-refractivity contribution is 5.76. The first-order chi connectivity index (χ1) is 10.9. The highest BCUT2D eigenvalue weighted by Crippen LogP contribution is 2.28. The van der Waals surface area contributed by atoms with Crippen LogP contribution >= 0.6 is 0 Å². The summed E-state index contributed by atoms with van der Waals surface area (Å²) in [6.45, 7) is 10.2. The fraction of sp³-hybridized carbons (Fsp3) is 0.632. The summed E-state index contributed by atoms with van der Waals surface area (Å²) in [5, 5.41) is 0. The van der Waals surface area contributed by atoms with Gasteiger partial charge in [-0.2, -0.15) is 0 Å². The first kappa shape index (κ1) is 19.3. The second kappa shape index (κ2) is 9.43. The molecule has 0 unspecified atom stereocenters. The molecule has 1 amide bonds. The minimum absolute atomic E-state index is 0.224. The molecule has 0 aromatic heterocycles. The normalized spacial score (nSPS) is 11.0. The lowest BCUT2D eigenvalue weighted by molar-refractivity contribution is -0.132. The highest BCUT2D eigenvalue weighted by atomic mass is 16.5. The number of nitrogens with zero attached hydrogens (tertiary/aromatic N) is 1. The molecule has 130 valence electrons. The van der Waals surface area contributed by atoms with Crippen LogP contribution in [0.3, 0.4) is 0 Å². The molecule has 0 saturated heterocycles. The smallest absolute Gasteiger partial charge is 0.222 e. The number of aryl methyl sites for hydroxylation is 1. The van der Waals surface area contributed by atoms with Crippen molar-refractivity contribution in [3.8, 4) is 11.5 Å². The van der Waals surface area contributed by atoms with E-state index in [0.717, 1.165) is 18.7 Å². The van der Waals surface area contributed by atoms with Crippen molar-refractivity contribution in [3.63, 3.8) is 0 Å². The summed E-state index contributed by atoms with van der Waals surface area (Å²) in [6, 6.07) is 5.82. The Morgan fingerprint density at radius 3 is 2.04 bits per heavy atom. The Hall–Kier alpha value is -1.71. The van der Waals surface area contributed by atoms with Crippen molar-refractivity contribution in [2.24, 2.45) is 11.8 Å². The maximum Gasteiger partial charge on any atom is 0.222 e. The number of hydrogen-bond acceptors (Lipinski definition) is 3. The van der Waals surface area contributed by atoms with Gasteiger partial charge >= 0.3 is 0 Å². The van der Waals surface area contributed by atoms with Crippen LogP contribution in [0.15, 0.2) is 18.2 Å². The number of ether oxygens (including phenoxy) is 2. The predicted molar refractivity (Wildman–Crippen MR) is 94.1 cm³/mol. The van der Waals surface area contributed by atoms with Crippen LogP contribution in [-0.2, 0) is 11.2 Å². The van der Waals surface area contributed by atoms with E-state index in [0.29, 0.717) is 36.2 Å². The Kier molecular flexibility index (Phi) is 7.93. The lowest BCUT2D eigenvalue weighted by Crippen LogP contribution is -2.37. The van der Waals surface area contributed by atoms with Gasteiger partial charge in [0.15, 0.2) is 11.5 Å². The third kappa shape index (κ3) is 6.51. The standard InChI is InChI=1S/C19H31NO3/c1-14(2)12-20(13-15(3)4)19(21)10-8-16-7-9-17(22-5)18(11-16)23-6/h7,9,11,14-15H,8,10,12-13H2,1-6H3. The molecule has 4 nitrogen and oxygen atoms in total. The van der Waals surface area contributed by atoms with E-state index in [-0.39, 0.29) is 5.91 Å². The minimum Gasteiger partial charge on any atom is -0.493 e. The van der Waals surface area contributed by atoms with Gasteiger partial charge < -0.3 is 14.4 Å². The second-order valence-corrected chi connectivity index (χ2v) is 6.78. The van der Waals surface area contributed by atoms with Crippen molar-refractivity contribution in [2.45, 2.75) is 40.5 Å². The predicted octanol–water partition coefficient (Wildman–Crippen LogP) is 3.78. The van der Waals surface area contributed by atoms with Gasteiger partial charge in [-0.25, -0.2) is 0 Å². The van der Waals surface area contributed by atoms with E-state index >= 15 is 0 Å². The number of carbonyl (C=O) groups is 1. The number of carbonyl (C=O) groups excluding carboxylic acids is 1. The molecule has 0 atom stereocenters. The summed E-state index contributed by atoms with van der Waals surface area (Å²) in [5.74, 6) is 2.61. The van der Waals surface area contributed by atoms with Gasteiger partial charge in [-0.1, -0.05) is 33.8 Å². The summed E-state index contributed by atoms with van der Waals surface area (Å²) in [6.07, 6.45) is 1.24. The molecule has 0 N–H and O–H groups in total. The Morgan fingerprint density at radius 2 is 1.57 bits per heavy atom. The van der Waals surface area contributed by atoms with E-state index in [9.17, 15) is 4.79 Å². The molecule has 4 heteroatoms. The number of rotatable bonds is 9. The Balaban J connectivity index is 2.69. The van der Waals surface area contributed by atoms with Crippen LogP contribution in [-0.4, -0.2) is 38.1 Å². The van der Waals surface area contributed by atoms with Gasteiger partial charge in [-0.05, 0) is 36.0 Å². The van der Waals surface area contributed by atoms with Gasteiger partial charge in [0.2, 0.25) is 5.91 Å². The highest BCUT2D eigenvalue weighted by Gasteiger charge is 2.16. The van der Waals surface area contributed by atoms with Gasteiger partial charge in [-0.15, -0.1) is 0 Å². The maximum absolute atomic E-state index is 12.5. The molecule has 1 rings (SSSR count). The molecule has 0 saturated carbocycles. The summed E-state index contributed by atoms with van der Waals surface area (Å²) >= 11 is 0. The van der Waals surface area contributed by atoms with Crippen molar-refractivity contribution < 1.29 is 14.3 Å². The summed E-state index contributed by atoms with van der Waals surface area (Å²) < 4.78 is 10.6. The van der Waals surface area contributed by atoms with Crippen LogP contribution in [0.4, 0.5) is 0 Å². The topological polar surface area (TPSA) is 38.8 Å². The molecule has 23 heavy (non-hydrogen) atoms. The van der Waals surface area contributed by atoms with Crippen LogP contribution < -0.4 is 9.47 Å². The number of methoxy groups -OCH3 is 2. The van der Waals surface area contributed by atoms with Crippen LogP contribution in [0.5, 0.6) is 11.5 Å². The fourth-order valence-corrected chi connectivity index (χ4v) is 2.61. The van der Waals surface area contributed by atoms with Crippen molar-refractivity contribution in [2.75, 3.05) is 27.3 Å². The first-order valence-corrected chi connectivity index (χ1v) is 8.36. The van der Waals surface area contributed by atoms with Gasteiger partial charge in [0, 0.05) is 19.5 Å². The van der Waals surface area contributed by atoms with Crippen LogP contribution in [0.25, 0.3) is 0 Å². The Bertz CT molecular complexity index is 487. The van der Waals surface area contributed by atoms with E-state index in [2.05, 4.69) is 27.7 Å². The molecular weight excluding hydrogens is 290 g/mol. The fourth-order valence-electron chi connectivity index (χ4n) is 2.61. The monoisotopic (exact) mass is 321 g/mol. The minimum atomic E-state index is 0.224. The summed E-state index contributed by atoms with van der Waals surface area (Å²) in [5.41, 5.74) is 1.09. The van der Waals surface area contributed by atoms with Gasteiger partial charge in [0.1, 0.15) is 0 Å². The molecule has 0 aliphatic carbocycles. The summed E-state index contributed by atoms with van der Waals surface area (Å²) in [7, 11) is 3.25. The molecule has 1 aromatic carbocycles. The largest absolute Gasteiger partial charge is 0.493 e. The van der Waals surface area contributed by atoms with E-state index in [1.54, 1.807) is 14.2 Å². The molecule has 0 aliphatic heterocycles. The Morgan fingerprint density at radius 1 is 1.00 bits per heavy atom. The quantitative estimate of drug-likeness (QED) is 0.695. The van der Waals surface area contributed by atoms with Crippen molar-refractivity contribution in [1.29, 1.82) is 0 Å². The zero-order chi connectivity index (χ0) is 17.4. The summed E-state index contributed by atoms with van der Waals surface area (Å²) in [4.78, 5) is 14.5. The van der Waals surface area contributed by atoms with E-state index in [1.807, 2.05) is 23.1 Å². The molecule has 0 fully saturated rings. The molecule has 0 aliphatic rings. The van der Waals surface area contributed by atoms with Crippen molar-refractivity contribution >= 4 is 5.91 Å². The first-order valence-electron chi connectivity index (χ1n) is 8.36. The van der Waals surface area contributed by atoms with E-state index in [1.165, 1.54) is 0 Å². The zero-order valence-electron chi connectivity index (χ0n) is 15.4. The lowest BCUT2D eigenvalue weighted by atomic mass is 10.1. The second-order valence-electron chi connectivity index (χ2n) is 6.78. The third-order valence-electron chi connectivity index (χ3n) is 3.60. The maximum atomic E-state index is 12.5. The molecule has 0 bridgehead atoms. The molecule has 0 radical (unpaired) electrons. The average molecular weight is 321 g/mol. The van der Waals surface area contributed by atoms with E-state index < -0.39 is 0 Å².